The molecule has 3 heteroatoms. The maximum atomic E-state index is 10.5. The molecular weight excluding hydrogens is 200 g/mol. The first-order chi connectivity index (χ1) is 7.64. The van der Waals surface area contributed by atoms with Crippen molar-refractivity contribution in [2.45, 2.75) is 44.6 Å². The lowest BCUT2D eigenvalue weighted by Crippen LogP contribution is -2.53. The largest absolute Gasteiger partial charge is 0.390 e. The fourth-order valence-electron chi connectivity index (χ4n) is 3.23. The minimum Gasteiger partial charge on any atom is -0.390 e. The van der Waals surface area contributed by atoms with Crippen LogP contribution in [0.3, 0.4) is 0 Å². The molecule has 1 aliphatic heterocycles. The van der Waals surface area contributed by atoms with Crippen molar-refractivity contribution < 1.29 is 5.11 Å². The molecule has 1 saturated carbocycles. The Kier molecular flexibility index (Phi) is 3.51. The van der Waals surface area contributed by atoms with Crippen LogP contribution in [0.5, 0.6) is 0 Å². The Morgan fingerprint density at radius 3 is 3.06 bits per heavy atom. The van der Waals surface area contributed by atoms with Crippen LogP contribution in [-0.4, -0.2) is 35.2 Å². The molecule has 0 aromatic rings. The molecule has 2 fully saturated rings. The Morgan fingerprint density at radius 1 is 1.50 bits per heavy atom. The summed E-state index contributed by atoms with van der Waals surface area (Å²) in [6, 6.07) is 2.29. The Morgan fingerprint density at radius 2 is 2.31 bits per heavy atom. The van der Waals surface area contributed by atoms with Crippen LogP contribution in [0.15, 0.2) is 0 Å². The van der Waals surface area contributed by atoms with E-state index in [9.17, 15) is 5.11 Å². The minimum absolute atomic E-state index is 0.106. The van der Waals surface area contributed by atoms with Crippen LogP contribution in [0.25, 0.3) is 0 Å². The van der Waals surface area contributed by atoms with Crippen LogP contribution in [0.4, 0.5) is 0 Å². The molecular formula is C13H22N2O. The number of hydrogen-bond donors (Lipinski definition) is 1. The number of hydrogen-bond acceptors (Lipinski definition) is 3. The van der Waals surface area contributed by atoms with Crippen molar-refractivity contribution in [3.63, 3.8) is 0 Å². The van der Waals surface area contributed by atoms with Crippen LogP contribution < -0.4 is 0 Å². The summed E-state index contributed by atoms with van der Waals surface area (Å²) in [5.74, 6) is 0.552. The van der Waals surface area contributed by atoms with Crippen LogP contribution in [0.2, 0.25) is 0 Å². The Balaban J connectivity index is 1.92. The third kappa shape index (κ3) is 2.39. The van der Waals surface area contributed by atoms with Crippen LogP contribution in [0, 0.1) is 23.2 Å². The molecule has 0 aromatic carbocycles. The summed E-state index contributed by atoms with van der Waals surface area (Å²) in [6.07, 6.45) is 5.49. The molecule has 1 N–H and O–H groups in total. The quantitative estimate of drug-likeness (QED) is 0.774. The van der Waals surface area contributed by atoms with Crippen molar-refractivity contribution in [2.24, 2.45) is 11.8 Å². The lowest BCUT2D eigenvalue weighted by atomic mass is 9.71. The molecule has 2 rings (SSSR count). The fraction of sp³-hybridized carbons (Fsp3) is 0.923. The van der Waals surface area contributed by atoms with Gasteiger partial charge in [-0.1, -0.05) is 12.8 Å². The van der Waals surface area contributed by atoms with E-state index in [2.05, 4.69) is 11.0 Å². The second-order valence-electron chi connectivity index (χ2n) is 5.59. The van der Waals surface area contributed by atoms with Crippen molar-refractivity contribution in [1.82, 2.24) is 4.90 Å². The van der Waals surface area contributed by atoms with Gasteiger partial charge < -0.3 is 10.0 Å². The summed E-state index contributed by atoms with van der Waals surface area (Å²) in [5.41, 5.74) is -0.384. The molecule has 16 heavy (non-hydrogen) atoms. The lowest BCUT2D eigenvalue weighted by Gasteiger charge is -2.47. The number of nitriles is 1. The van der Waals surface area contributed by atoms with E-state index >= 15 is 0 Å². The van der Waals surface area contributed by atoms with E-state index in [1.165, 1.54) is 12.8 Å². The van der Waals surface area contributed by atoms with Crippen molar-refractivity contribution in [1.29, 1.82) is 5.26 Å². The van der Waals surface area contributed by atoms with Gasteiger partial charge in [0.2, 0.25) is 0 Å². The molecule has 0 spiro atoms. The highest BCUT2D eigenvalue weighted by atomic mass is 16.3. The van der Waals surface area contributed by atoms with E-state index in [0.717, 1.165) is 38.9 Å². The van der Waals surface area contributed by atoms with Gasteiger partial charge in [-0.2, -0.15) is 5.26 Å². The molecule has 2 aliphatic rings. The van der Waals surface area contributed by atoms with Gasteiger partial charge in [-0.3, -0.25) is 0 Å². The van der Waals surface area contributed by atoms with Crippen molar-refractivity contribution >= 4 is 0 Å². The van der Waals surface area contributed by atoms with Crippen molar-refractivity contribution in [3.8, 4) is 6.07 Å². The predicted molar refractivity (Wildman–Crippen MR) is 62.7 cm³/mol. The van der Waals surface area contributed by atoms with Gasteiger partial charge in [0.05, 0.1) is 17.6 Å². The highest BCUT2D eigenvalue weighted by Crippen LogP contribution is 2.39. The Bertz CT molecular complexity index is 286. The Hall–Kier alpha value is -0.590. The second kappa shape index (κ2) is 4.73. The maximum Gasteiger partial charge on any atom is 0.0700 e. The maximum absolute atomic E-state index is 10.5. The van der Waals surface area contributed by atoms with E-state index in [-0.39, 0.29) is 11.5 Å². The van der Waals surface area contributed by atoms with Crippen molar-refractivity contribution in [2.75, 3.05) is 19.6 Å². The molecule has 1 saturated heterocycles. The number of aliphatic hydroxyl groups is 1. The van der Waals surface area contributed by atoms with Gasteiger partial charge >= 0.3 is 0 Å². The van der Waals surface area contributed by atoms with Gasteiger partial charge in [-0.15, -0.1) is 0 Å². The Labute approximate surface area is 98.1 Å². The van der Waals surface area contributed by atoms with Crippen LogP contribution in [0.1, 0.15) is 39.0 Å². The summed E-state index contributed by atoms with van der Waals surface area (Å²) in [4.78, 5) is 2.36. The van der Waals surface area contributed by atoms with E-state index in [1.807, 2.05) is 6.92 Å². The average Bonchev–Trinajstić information content (AvgIpc) is 2.29. The molecule has 0 amide bonds. The van der Waals surface area contributed by atoms with Crippen molar-refractivity contribution in [3.05, 3.63) is 0 Å². The van der Waals surface area contributed by atoms with Gasteiger partial charge in [-0.05, 0) is 26.2 Å². The molecule has 0 bridgehead atoms. The highest BCUT2D eigenvalue weighted by molar-refractivity contribution is 4.96. The average molecular weight is 222 g/mol. The molecule has 1 heterocycles. The molecule has 3 nitrogen and oxygen atoms in total. The highest BCUT2D eigenvalue weighted by Gasteiger charge is 2.42. The van der Waals surface area contributed by atoms with E-state index in [4.69, 9.17) is 5.26 Å². The fourth-order valence-corrected chi connectivity index (χ4v) is 3.23. The first-order valence-electron chi connectivity index (χ1n) is 6.48. The number of rotatable bonds is 2. The third-order valence-corrected chi connectivity index (χ3v) is 4.26. The number of fused-ring (bicyclic) bond motifs is 1. The van der Waals surface area contributed by atoms with Gasteiger partial charge in [0.15, 0.2) is 0 Å². The number of likely N-dealkylation sites (tertiary alicyclic amines) is 1. The summed E-state index contributed by atoms with van der Waals surface area (Å²) >= 11 is 0. The number of nitrogens with zero attached hydrogens (tertiary/aromatic N) is 2. The van der Waals surface area contributed by atoms with E-state index in [1.54, 1.807) is 0 Å². The minimum atomic E-state index is -0.384. The van der Waals surface area contributed by atoms with Crippen LogP contribution >= 0.6 is 0 Å². The summed E-state index contributed by atoms with van der Waals surface area (Å²) in [7, 11) is 0. The SMILES string of the molecule is CC(C#N)CN1CCC2(O)CCCCC2C1. The molecule has 0 aromatic heterocycles. The predicted octanol–water partition coefficient (Wildman–Crippen LogP) is 1.77. The standard InChI is InChI=1S/C13H22N2O/c1-11(8-14)9-15-7-6-13(16)5-3-2-4-12(13)10-15/h11-12,16H,2-7,9-10H2,1H3. The zero-order valence-corrected chi connectivity index (χ0v) is 10.2. The van der Waals surface area contributed by atoms with Gasteiger partial charge in [-0.25, -0.2) is 0 Å². The summed E-state index contributed by atoms with van der Waals surface area (Å²) in [5, 5.41) is 19.3. The van der Waals surface area contributed by atoms with E-state index < -0.39 is 0 Å². The molecule has 3 atom stereocenters. The van der Waals surface area contributed by atoms with Gasteiger partial charge in [0.1, 0.15) is 0 Å². The monoisotopic (exact) mass is 222 g/mol. The van der Waals surface area contributed by atoms with Crippen LogP contribution in [-0.2, 0) is 0 Å². The first-order valence-corrected chi connectivity index (χ1v) is 6.48. The zero-order chi connectivity index (χ0) is 11.6. The third-order valence-electron chi connectivity index (χ3n) is 4.26. The molecule has 1 aliphatic carbocycles. The van der Waals surface area contributed by atoms with Gasteiger partial charge in [0.25, 0.3) is 0 Å². The number of piperidine rings is 1. The lowest BCUT2D eigenvalue weighted by molar-refractivity contribution is -0.0961. The smallest absolute Gasteiger partial charge is 0.0700 e. The normalized spacial score (nSPS) is 37.4. The van der Waals surface area contributed by atoms with Gasteiger partial charge in [0, 0.05) is 25.6 Å². The van der Waals surface area contributed by atoms with E-state index in [0.29, 0.717) is 5.92 Å². The molecule has 3 unspecified atom stereocenters. The summed E-state index contributed by atoms with van der Waals surface area (Å²) in [6.45, 7) is 4.78. The zero-order valence-electron chi connectivity index (χ0n) is 10.2. The summed E-state index contributed by atoms with van der Waals surface area (Å²) < 4.78 is 0. The second-order valence-corrected chi connectivity index (χ2v) is 5.59. The first kappa shape index (κ1) is 11.9. The molecule has 90 valence electrons. The topological polar surface area (TPSA) is 47.3 Å². The molecule has 0 radical (unpaired) electrons.